The van der Waals surface area contributed by atoms with Crippen LogP contribution in [0.25, 0.3) is 0 Å². The van der Waals surface area contributed by atoms with Gasteiger partial charge in [-0.25, -0.2) is 9.18 Å². The zero-order valence-electron chi connectivity index (χ0n) is 11.5. The fraction of sp³-hybridized carbons (Fsp3) is 0.500. The minimum absolute atomic E-state index is 0.255. The van der Waals surface area contributed by atoms with Gasteiger partial charge in [-0.1, -0.05) is 0 Å². The minimum Gasteiger partial charge on any atom is -0.478 e. The van der Waals surface area contributed by atoms with Gasteiger partial charge in [-0.05, 0) is 25.2 Å². The molecule has 0 amide bonds. The summed E-state index contributed by atoms with van der Waals surface area (Å²) in [6, 6.07) is 4.27. The Balaban J connectivity index is 1.82. The molecule has 0 aromatic heterocycles. The van der Waals surface area contributed by atoms with E-state index in [2.05, 4.69) is 16.8 Å². The number of nitrogens with zero attached hydrogens (tertiary/aromatic N) is 2. The molecule has 0 unspecified atom stereocenters. The summed E-state index contributed by atoms with van der Waals surface area (Å²) in [6.07, 6.45) is 0. The summed E-state index contributed by atoms with van der Waals surface area (Å²) in [7, 11) is 2.12. The van der Waals surface area contributed by atoms with Gasteiger partial charge in [0.2, 0.25) is 0 Å². The van der Waals surface area contributed by atoms with E-state index >= 15 is 0 Å². The molecule has 1 aromatic carbocycles. The number of rotatable bonds is 5. The highest BCUT2D eigenvalue weighted by atomic mass is 32.2. The topological polar surface area (TPSA) is 43.8 Å². The second kappa shape index (κ2) is 7.06. The Morgan fingerprint density at radius 1 is 1.35 bits per heavy atom. The number of halogens is 1. The molecule has 1 aliphatic rings. The molecule has 0 radical (unpaired) electrons. The van der Waals surface area contributed by atoms with Gasteiger partial charge in [0.15, 0.2) is 0 Å². The molecule has 6 heteroatoms. The second-order valence-electron chi connectivity index (χ2n) is 4.94. The average Bonchev–Trinajstić information content (AvgIpc) is 2.42. The normalized spacial score (nSPS) is 17.3. The highest BCUT2D eigenvalue weighted by Crippen LogP contribution is 2.21. The number of hydrogen-bond acceptors (Lipinski definition) is 4. The van der Waals surface area contributed by atoms with E-state index in [1.54, 1.807) is 17.8 Å². The van der Waals surface area contributed by atoms with Crippen molar-refractivity contribution >= 4 is 17.7 Å². The van der Waals surface area contributed by atoms with Crippen molar-refractivity contribution in [1.82, 2.24) is 9.80 Å². The van der Waals surface area contributed by atoms with E-state index in [0.717, 1.165) is 43.4 Å². The fourth-order valence-corrected chi connectivity index (χ4v) is 3.07. The SMILES string of the molecule is CN1CCN(CCSc2ccc(F)c(C(=O)O)c2)CC1. The van der Waals surface area contributed by atoms with Crippen LogP contribution in [-0.4, -0.2) is 66.4 Å². The van der Waals surface area contributed by atoms with Gasteiger partial charge in [-0.15, -0.1) is 11.8 Å². The summed E-state index contributed by atoms with van der Waals surface area (Å²) in [5.41, 5.74) is -0.255. The van der Waals surface area contributed by atoms with Crippen LogP contribution in [0.3, 0.4) is 0 Å². The van der Waals surface area contributed by atoms with Crippen LogP contribution in [0, 0.1) is 5.82 Å². The smallest absolute Gasteiger partial charge is 0.338 e. The lowest BCUT2D eigenvalue weighted by molar-refractivity contribution is 0.0691. The van der Waals surface area contributed by atoms with Crippen molar-refractivity contribution in [2.45, 2.75) is 4.90 Å². The molecule has 0 aliphatic carbocycles. The summed E-state index contributed by atoms with van der Waals surface area (Å²) in [5, 5.41) is 8.88. The van der Waals surface area contributed by atoms with Crippen molar-refractivity contribution in [3.8, 4) is 0 Å². The number of carboxylic acid groups (broad SMARTS) is 1. The van der Waals surface area contributed by atoms with E-state index in [1.807, 2.05) is 0 Å². The van der Waals surface area contributed by atoms with Gasteiger partial charge in [0.1, 0.15) is 5.82 Å². The van der Waals surface area contributed by atoms with Crippen LogP contribution in [0.2, 0.25) is 0 Å². The summed E-state index contributed by atoms with van der Waals surface area (Å²) in [5.74, 6) is -1.01. The van der Waals surface area contributed by atoms with Crippen LogP contribution in [0.5, 0.6) is 0 Å². The maximum atomic E-state index is 13.3. The second-order valence-corrected chi connectivity index (χ2v) is 6.11. The fourth-order valence-electron chi connectivity index (χ4n) is 2.12. The molecule has 0 bridgehead atoms. The first-order valence-corrected chi connectivity index (χ1v) is 7.61. The van der Waals surface area contributed by atoms with Crippen LogP contribution < -0.4 is 0 Å². The van der Waals surface area contributed by atoms with E-state index in [-0.39, 0.29) is 5.56 Å². The van der Waals surface area contributed by atoms with E-state index in [9.17, 15) is 9.18 Å². The van der Waals surface area contributed by atoms with Gasteiger partial charge in [0, 0.05) is 43.4 Å². The Kier molecular flexibility index (Phi) is 5.39. The van der Waals surface area contributed by atoms with Crippen LogP contribution >= 0.6 is 11.8 Å². The summed E-state index contributed by atoms with van der Waals surface area (Å²) >= 11 is 1.57. The third-order valence-corrected chi connectivity index (χ3v) is 4.41. The van der Waals surface area contributed by atoms with Crippen LogP contribution in [-0.2, 0) is 0 Å². The van der Waals surface area contributed by atoms with Gasteiger partial charge in [-0.3, -0.25) is 4.90 Å². The van der Waals surface area contributed by atoms with Crippen LogP contribution in [0.4, 0.5) is 4.39 Å². The van der Waals surface area contributed by atoms with Gasteiger partial charge in [0.25, 0.3) is 0 Å². The predicted octanol–water partition coefficient (Wildman–Crippen LogP) is 1.86. The van der Waals surface area contributed by atoms with Gasteiger partial charge in [-0.2, -0.15) is 0 Å². The van der Waals surface area contributed by atoms with Crippen LogP contribution in [0.1, 0.15) is 10.4 Å². The summed E-state index contributed by atoms with van der Waals surface area (Å²) in [6.45, 7) is 5.29. The molecule has 2 rings (SSSR count). The average molecular weight is 298 g/mol. The monoisotopic (exact) mass is 298 g/mol. The molecule has 1 aliphatic heterocycles. The Morgan fingerprint density at radius 3 is 2.70 bits per heavy atom. The standard InChI is InChI=1S/C14H19FN2O2S/c1-16-4-6-17(7-5-16)8-9-20-11-2-3-13(15)12(10-11)14(18)19/h2-3,10H,4-9H2,1H3,(H,18,19). The molecule has 0 saturated carbocycles. The number of carboxylic acids is 1. The molecule has 110 valence electrons. The first-order chi connectivity index (χ1) is 9.56. The maximum Gasteiger partial charge on any atom is 0.338 e. The zero-order chi connectivity index (χ0) is 14.5. The highest BCUT2D eigenvalue weighted by molar-refractivity contribution is 7.99. The molecule has 1 fully saturated rings. The number of carbonyl (C=O) groups is 1. The molecule has 0 atom stereocenters. The largest absolute Gasteiger partial charge is 0.478 e. The van der Waals surface area contributed by atoms with E-state index in [0.29, 0.717) is 0 Å². The molecule has 1 saturated heterocycles. The lowest BCUT2D eigenvalue weighted by Crippen LogP contribution is -2.45. The third-order valence-electron chi connectivity index (χ3n) is 3.44. The molecule has 1 N–H and O–H groups in total. The molecule has 20 heavy (non-hydrogen) atoms. The number of benzene rings is 1. The molecular formula is C14H19FN2O2S. The Morgan fingerprint density at radius 2 is 2.05 bits per heavy atom. The lowest BCUT2D eigenvalue weighted by atomic mass is 10.2. The molecule has 0 spiro atoms. The van der Waals surface area contributed by atoms with Crippen molar-refractivity contribution in [1.29, 1.82) is 0 Å². The maximum absolute atomic E-state index is 13.3. The van der Waals surface area contributed by atoms with Crippen molar-refractivity contribution in [3.05, 3.63) is 29.6 Å². The van der Waals surface area contributed by atoms with Gasteiger partial charge < -0.3 is 10.0 Å². The van der Waals surface area contributed by atoms with E-state index < -0.39 is 11.8 Å². The van der Waals surface area contributed by atoms with Gasteiger partial charge in [0.05, 0.1) is 5.56 Å². The van der Waals surface area contributed by atoms with E-state index in [4.69, 9.17) is 5.11 Å². The number of piperazine rings is 1. The Bertz CT molecular complexity index is 476. The summed E-state index contributed by atoms with van der Waals surface area (Å²) < 4.78 is 13.3. The van der Waals surface area contributed by atoms with Crippen molar-refractivity contribution in [2.75, 3.05) is 45.5 Å². The van der Waals surface area contributed by atoms with Crippen molar-refractivity contribution in [2.24, 2.45) is 0 Å². The van der Waals surface area contributed by atoms with E-state index in [1.165, 1.54) is 12.1 Å². The summed E-state index contributed by atoms with van der Waals surface area (Å²) in [4.78, 5) is 16.4. The minimum atomic E-state index is -1.22. The molecular weight excluding hydrogens is 279 g/mol. The molecule has 1 heterocycles. The predicted molar refractivity (Wildman–Crippen MR) is 78.0 cm³/mol. The number of aromatic carboxylic acids is 1. The van der Waals surface area contributed by atoms with Crippen LogP contribution in [0.15, 0.2) is 23.1 Å². The Hall–Kier alpha value is -1.11. The molecule has 1 aromatic rings. The lowest BCUT2D eigenvalue weighted by Gasteiger charge is -2.32. The zero-order valence-corrected chi connectivity index (χ0v) is 12.3. The third kappa shape index (κ3) is 4.19. The molecule has 4 nitrogen and oxygen atoms in total. The quantitative estimate of drug-likeness (QED) is 0.841. The van der Waals surface area contributed by atoms with Crippen molar-refractivity contribution in [3.63, 3.8) is 0 Å². The first-order valence-electron chi connectivity index (χ1n) is 6.63. The Labute approximate surface area is 122 Å². The number of likely N-dealkylation sites (N-methyl/N-ethyl adjacent to an activating group) is 1. The highest BCUT2D eigenvalue weighted by Gasteiger charge is 2.14. The number of hydrogen-bond donors (Lipinski definition) is 1. The first kappa shape index (κ1) is 15.3. The van der Waals surface area contributed by atoms with Gasteiger partial charge >= 0.3 is 5.97 Å². The van der Waals surface area contributed by atoms with Crippen molar-refractivity contribution < 1.29 is 14.3 Å². The number of thioether (sulfide) groups is 1.